The number of amides is 1. The predicted octanol–water partition coefficient (Wildman–Crippen LogP) is 3.60. The molecule has 1 aromatic heterocycles. The van der Waals surface area contributed by atoms with E-state index < -0.39 is 5.92 Å². The molecule has 3 N–H and O–H groups in total. The van der Waals surface area contributed by atoms with Crippen LogP contribution in [0.15, 0.2) is 6.07 Å². The fraction of sp³-hybridized carbons (Fsp3) is 0.667. The van der Waals surface area contributed by atoms with E-state index in [4.69, 9.17) is 5.73 Å². The normalized spacial score (nSPS) is 27.1. The number of hydrogen-bond donors (Lipinski definition) is 2. The molecule has 3 nitrogen and oxygen atoms in total. The van der Waals surface area contributed by atoms with E-state index in [2.05, 4.69) is 5.32 Å². The van der Waals surface area contributed by atoms with E-state index in [0.29, 0.717) is 23.6 Å². The summed E-state index contributed by atoms with van der Waals surface area (Å²) in [5.41, 5.74) is 7.03. The number of nitrogens with two attached hydrogens (primary N) is 1. The molecular weight excluding hydrogens is 330 g/mol. The molecule has 0 aromatic carbocycles. The van der Waals surface area contributed by atoms with E-state index >= 15 is 0 Å². The van der Waals surface area contributed by atoms with Gasteiger partial charge in [-0.25, -0.2) is 8.78 Å². The lowest BCUT2D eigenvalue weighted by Gasteiger charge is -2.28. The van der Waals surface area contributed by atoms with Crippen molar-refractivity contribution in [1.82, 2.24) is 5.32 Å². The topological polar surface area (TPSA) is 55.1 Å². The van der Waals surface area contributed by atoms with Crippen molar-refractivity contribution in [3.63, 3.8) is 0 Å². The number of carbonyl (C=O) groups is 1. The number of aryl methyl sites for hydroxylation is 1. The van der Waals surface area contributed by atoms with Gasteiger partial charge in [0.25, 0.3) is 5.91 Å². The predicted molar refractivity (Wildman–Crippen MR) is 86.3 cm³/mol. The maximum Gasteiger partial charge on any atom is 0.261 e. The molecule has 2 saturated carbocycles. The molecule has 0 aliphatic heterocycles. The molecule has 1 heterocycles. The number of thiophene rings is 1. The molecule has 2 atom stereocenters. The number of hydrogen-bond acceptors (Lipinski definition) is 3. The maximum absolute atomic E-state index is 13.1. The molecule has 1 aromatic rings. The molecule has 0 spiro atoms. The first-order chi connectivity index (χ1) is 9.85. The largest absolute Gasteiger partial charge is 0.349 e. The van der Waals surface area contributed by atoms with Gasteiger partial charge < -0.3 is 11.1 Å². The van der Waals surface area contributed by atoms with Gasteiger partial charge in [0.2, 0.25) is 5.92 Å². The summed E-state index contributed by atoms with van der Waals surface area (Å²) in [6.07, 6.45) is 1.41. The monoisotopic (exact) mass is 350 g/mol. The zero-order valence-electron chi connectivity index (χ0n) is 12.4. The van der Waals surface area contributed by atoms with Crippen LogP contribution in [0.1, 0.15) is 58.1 Å². The van der Waals surface area contributed by atoms with Gasteiger partial charge in [-0.1, -0.05) is 0 Å². The molecule has 2 aliphatic carbocycles. The van der Waals surface area contributed by atoms with Crippen LogP contribution in [-0.2, 0) is 0 Å². The fourth-order valence-electron chi connectivity index (χ4n) is 2.99. The van der Waals surface area contributed by atoms with Crippen LogP contribution >= 0.6 is 23.7 Å². The van der Waals surface area contributed by atoms with Crippen LogP contribution in [0.3, 0.4) is 0 Å². The van der Waals surface area contributed by atoms with Gasteiger partial charge in [-0.15, -0.1) is 23.7 Å². The number of alkyl halides is 2. The zero-order valence-corrected chi connectivity index (χ0v) is 14.0. The highest BCUT2D eigenvalue weighted by molar-refractivity contribution is 7.14. The summed E-state index contributed by atoms with van der Waals surface area (Å²) in [4.78, 5) is 14.0. The van der Waals surface area contributed by atoms with Crippen molar-refractivity contribution in [3.8, 4) is 0 Å². The lowest BCUT2D eigenvalue weighted by atomic mass is 9.92. The lowest BCUT2D eigenvalue weighted by Crippen LogP contribution is -2.40. The lowest BCUT2D eigenvalue weighted by molar-refractivity contribution is -0.0399. The maximum atomic E-state index is 13.1. The van der Waals surface area contributed by atoms with E-state index in [1.54, 1.807) is 0 Å². The zero-order chi connectivity index (χ0) is 15.2. The molecule has 0 radical (unpaired) electrons. The second kappa shape index (κ2) is 6.42. The van der Waals surface area contributed by atoms with Crippen LogP contribution in [0, 0.1) is 6.92 Å². The molecule has 0 bridgehead atoms. The third-order valence-electron chi connectivity index (χ3n) is 4.47. The van der Waals surface area contributed by atoms with Crippen molar-refractivity contribution >= 4 is 29.7 Å². The molecule has 22 heavy (non-hydrogen) atoms. The minimum atomic E-state index is -2.56. The van der Waals surface area contributed by atoms with Crippen molar-refractivity contribution in [2.45, 2.75) is 63.0 Å². The highest BCUT2D eigenvalue weighted by atomic mass is 35.5. The van der Waals surface area contributed by atoms with Crippen LogP contribution in [0.4, 0.5) is 8.78 Å². The third kappa shape index (κ3) is 3.78. The molecule has 0 saturated heterocycles. The van der Waals surface area contributed by atoms with Crippen LogP contribution in [0.5, 0.6) is 0 Å². The molecular formula is C15H21ClF2N2OS. The first-order valence-corrected chi connectivity index (χ1v) is 8.22. The minimum Gasteiger partial charge on any atom is -0.349 e. The summed E-state index contributed by atoms with van der Waals surface area (Å²) in [6.45, 7) is 2.00. The Morgan fingerprint density at radius 1 is 1.41 bits per heavy atom. The standard InChI is InChI=1S/C15H20F2N2OS.ClH/c1-8-10(11-6-12(11)18)7-13(21-8)14(20)19-9-2-4-15(16,17)5-3-9;/h7,9,11-12H,2-6,18H2,1H3,(H,19,20);1H/t11-,12+;/m0./s1. The summed E-state index contributed by atoms with van der Waals surface area (Å²) in [5, 5.41) is 2.89. The van der Waals surface area contributed by atoms with Gasteiger partial charge in [-0.05, 0) is 37.8 Å². The summed E-state index contributed by atoms with van der Waals surface area (Å²) < 4.78 is 26.2. The fourth-order valence-corrected chi connectivity index (χ4v) is 3.98. The Morgan fingerprint density at radius 2 is 2.00 bits per heavy atom. The van der Waals surface area contributed by atoms with Crippen molar-refractivity contribution in [1.29, 1.82) is 0 Å². The minimum absolute atomic E-state index is 0. The molecule has 124 valence electrons. The van der Waals surface area contributed by atoms with Gasteiger partial charge >= 0.3 is 0 Å². The van der Waals surface area contributed by atoms with Crippen LogP contribution in [0.2, 0.25) is 0 Å². The van der Waals surface area contributed by atoms with Crippen molar-refractivity contribution in [2.75, 3.05) is 0 Å². The Morgan fingerprint density at radius 3 is 2.55 bits per heavy atom. The Kier molecular flexibility index (Phi) is 5.14. The van der Waals surface area contributed by atoms with Gasteiger partial charge in [0.15, 0.2) is 0 Å². The van der Waals surface area contributed by atoms with Crippen molar-refractivity contribution < 1.29 is 13.6 Å². The highest BCUT2D eigenvalue weighted by Gasteiger charge is 2.38. The average Bonchev–Trinajstić information content (AvgIpc) is 3.00. The average molecular weight is 351 g/mol. The molecule has 3 rings (SSSR count). The summed E-state index contributed by atoms with van der Waals surface area (Å²) in [7, 11) is 0. The van der Waals surface area contributed by atoms with Crippen LogP contribution in [-0.4, -0.2) is 23.9 Å². The molecule has 0 unspecified atom stereocenters. The van der Waals surface area contributed by atoms with E-state index in [1.165, 1.54) is 16.9 Å². The van der Waals surface area contributed by atoms with Crippen molar-refractivity contribution in [2.24, 2.45) is 5.73 Å². The van der Waals surface area contributed by atoms with E-state index in [1.807, 2.05) is 13.0 Å². The van der Waals surface area contributed by atoms with Gasteiger partial charge in [0, 0.05) is 35.7 Å². The van der Waals surface area contributed by atoms with Crippen LogP contribution in [0.25, 0.3) is 0 Å². The number of rotatable bonds is 3. The van der Waals surface area contributed by atoms with Gasteiger partial charge in [0.05, 0.1) is 4.88 Å². The van der Waals surface area contributed by atoms with E-state index in [0.717, 1.165) is 11.3 Å². The van der Waals surface area contributed by atoms with Gasteiger partial charge in [-0.3, -0.25) is 4.79 Å². The summed E-state index contributed by atoms with van der Waals surface area (Å²) in [5.74, 6) is -2.31. The Labute approximate surface area is 139 Å². The summed E-state index contributed by atoms with van der Waals surface area (Å²) in [6, 6.07) is 2.01. The SMILES string of the molecule is Cc1sc(C(=O)NC2CCC(F)(F)CC2)cc1[C@@H]1C[C@H]1N.Cl. The first kappa shape index (κ1) is 17.6. The Hall–Kier alpha value is -0.720. The Balaban J connectivity index is 0.00000176. The molecule has 7 heteroatoms. The van der Waals surface area contributed by atoms with Gasteiger partial charge in [-0.2, -0.15) is 0 Å². The molecule has 2 aliphatic rings. The van der Waals surface area contributed by atoms with Gasteiger partial charge in [0.1, 0.15) is 0 Å². The first-order valence-electron chi connectivity index (χ1n) is 7.40. The highest BCUT2D eigenvalue weighted by Crippen LogP contribution is 2.43. The van der Waals surface area contributed by atoms with E-state index in [-0.39, 0.29) is 43.2 Å². The Bertz CT molecular complexity index is 554. The number of halogens is 3. The molecule has 2 fully saturated rings. The molecule has 1 amide bonds. The second-order valence-electron chi connectivity index (χ2n) is 6.23. The number of nitrogens with one attached hydrogen (secondary N) is 1. The van der Waals surface area contributed by atoms with Crippen molar-refractivity contribution in [3.05, 3.63) is 21.4 Å². The van der Waals surface area contributed by atoms with Crippen LogP contribution < -0.4 is 11.1 Å². The third-order valence-corrected chi connectivity index (χ3v) is 5.54. The number of carbonyl (C=O) groups excluding carboxylic acids is 1. The van der Waals surface area contributed by atoms with E-state index in [9.17, 15) is 13.6 Å². The second-order valence-corrected chi connectivity index (χ2v) is 7.49. The quantitative estimate of drug-likeness (QED) is 0.875. The smallest absolute Gasteiger partial charge is 0.261 e. The summed E-state index contributed by atoms with van der Waals surface area (Å²) >= 11 is 1.47.